The maximum Gasteiger partial charge on any atom is 0.134 e. The van der Waals surface area contributed by atoms with Gasteiger partial charge in [0.1, 0.15) is 5.15 Å². The van der Waals surface area contributed by atoms with Crippen molar-refractivity contribution in [3.63, 3.8) is 0 Å². The van der Waals surface area contributed by atoms with Crippen molar-refractivity contribution in [3.8, 4) is 0 Å². The van der Waals surface area contributed by atoms with Crippen molar-refractivity contribution in [2.75, 3.05) is 0 Å². The van der Waals surface area contributed by atoms with E-state index in [0.717, 1.165) is 10.9 Å². The molecule has 15 heavy (non-hydrogen) atoms. The van der Waals surface area contributed by atoms with Gasteiger partial charge in [-0.3, -0.25) is 4.68 Å². The van der Waals surface area contributed by atoms with Gasteiger partial charge in [-0.05, 0) is 23.1 Å². The molecule has 0 aliphatic rings. The lowest BCUT2D eigenvalue weighted by Crippen LogP contribution is -2.10. The first-order valence-corrected chi connectivity index (χ1v) is 5.40. The molecule has 2 nitrogen and oxygen atoms in total. The van der Waals surface area contributed by atoms with Crippen LogP contribution in [0.5, 0.6) is 0 Å². The van der Waals surface area contributed by atoms with E-state index < -0.39 is 0 Å². The third-order valence-electron chi connectivity index (χ3n) is 2.63. The summed E-state index contributed by atoms with van der Waals surface area (Å²) in [6, 6.07) is 6.28. The minimum absolute atomic E-state index is 0.146. The standard InChI is InChI=1S/C12H15ClN2/c1-12(2,3)8-5-6-10-9(7-8)11(13)15(4)14-10/h5-7H,1-4H3. The Labute approximate surface area is 94.8 Å². The molecule has 0 atom stereocenters. The predicted octanol–water partition coefficient (Wildman–Crippen LogP) is 3.52. The molecule has 0 amide bonds. The highest BCUT2D eigenvalue weighted by Crippen LogP contribution is 2.29. The average Bonchev–Trinajstić information content (AvgIpc) is 2.41. The first-order valence-electron chi connectivity index (χ1n) is 5.02. The largest absolute Gasteiger partial charge is 0.256 e. The Morgan fingerprint density at radius 1 is 1.27 bits per heavy atom. The molecule has 2 rings (SSSR count). The van der Waals surface area contributed by atoms with Crippen LogP contribution in [0, 0.1) is 0 Å². The second-order valence-electron chi connectivity index (χ2n) is 4.90. The summed E-state index contributed by atoms with van der Waals surface area (Å²) < 4.78 is 1.71. The molecule has 1 aromatic heterocycles. The highest BCUT2D eigenvalue weighted by atomic mass is 35.5. The lowest BCUT2D eigenvalue weighted by Gasteiger charge is -2.18. The molecule has 0 N–H and O–H groups in total. The highest BCUT2D eigenvalue weighted by molar-refractivity contribution is 6.34. The third kappa shape index (κ3) is 1.74. The summed E-state index contributed by atoms with van der Waals surface area (Å²) in [6.45, 7) is 6.58. The number of benzene rings is 1. The third-order valence-corrected chi connectivity index (χ3v) is 3.07. The molecular weight excluding hydrogens is 208 g/mol. The summed E-state index contributed by atoms with van der Waals surface area (Å²) in [5.74, 6) is 0. The van der Waals surface area contributed by atoms with Gasteiger partial charge in [-0.15, -0.1) is 0 Å². The quantitative estimate of drug-likeness (QED) is 0.667. The van der Waals surface area contributed by atoms with E-state index in [2.05, 4.69) is 38.0 Å². The van der Waals surface area contributed by atoms with Crippen molar-refractivity contribution < 1.29 is 0 Å². The molecule has 2 aromatic rings. The van der Waals surface area contributed by atoms with Crippen molar-refractivity contribution in [3.05, 3.63) is 28.9 Å². The maximum absolute atomic E-state index is 6.16. The number of halogens is 1. The van der Waals surface area contributed by atoms with E-state index in [1.807, 2.05) is 13.1 Å². The zero-order valence-corrected chi connectivity index (χ0v) is 10.3. The van der Waals surface area contributed by atoms with Crippen LogP contribution in [-0.4, -0.2) is 9.78 Å². The maximum atomic E-state index is 6.16. The lowest BCUT2D eigenvalue weighted by molar-refractivity contribution is 0.591. The molecule has 0 aliphatic carbocycles. The van der Waals surface area contributed by atoms with Gasteiger partial charge in [0, 0.05) is 12.4 Å². The first-order chi connectivity index (χ1) is 6.89. The van der Waals surface area contributed by atoms with Crippen LogP contribution in [0.15, 0.2) is 18.2 Å². The number of aromatic nitrogens is 2. The van der Waals surface area contributed by atoms with Crippen LogP contribution in [0.2, 0.25) is 5.15 Å². The van der Waals surface area contributed by atoms with Crippen LogP contribution in [0.4, 0.5) is 0 Å². The van der Waals surface area contributed by atoms with Gasteiger partial charge in [0.05, 0.1) is 5.52 Å². The summed E-state index contributed by atoms with van der Waals surface area (Å²) in [5.41, 5.74) is 2.38. The molecule has 0 fully saturated rings. The summed E-state index contributed by atoms with van der Waals surface area (Å²) in [5, 5.41) is 6.06. The molecule has 0 bridgehead atoms. The van der Waals surface area contributed by atoms with Crippen LogP contribution < -0.4 is 0 Å². The van der Waals surface area contributed by atoms with Crippen molar-refractivity contribution >= 4 is 22.5 Å². The fourth-order valence-electron chi connectivity index (χ4n) is 1.63. The molecule has 0 unspecified atom stereocenters. The number of rotatable bonds is 0. The number of fused-ring (bicyclic) bond motifs is 1. The van der Waals surface area contributed by atoms with Crippen LogP contribution >= 0.6 is 11.6 Å². The zero-order valence-electron chi connectivity index (χ0n) is 9.50. The summed E-state index contributed by atoms with van der Waals surface area (Å²) in [6.07, 6.45) is 0. The van der Waals surface area contributed by atoms with Crippen LogP contribution in [0.3, 0.4) is 0 Å². The molecule has 1 aromatic carbocycles. The normalized spacial score (nSPS) is 12.3. The fraction of sp³-hybridized carbons (Fsp3) is 0.417. The molecule has 0 spiro atoms. The van der Waals surface area contributed by atoms with Gasteiger partial charge in [0.15, 0.2) is 0 Å². The fourth-order valence-corrected chi connectivity index (χ4v) is 1.82. The van der Waals surface area contributed by atoms with E-state index in [1.54, 1.807) is 4.68 Å². The van der Waals surface area contributed by atoms with Crippen LogP contribution in [0.25, 0.3) is 10.9 Å². The van der Waals surface area contributed by atoms with Gasteiger partial charge in [-0.25, -0.2) is 0 Å². The Bertz CT molecular complexity index is 506. The van der Waals surface area contributed by atoms with Crippen molar-refractivity contribution in [2.45, 2.75) is 26.2 Å². The molecule has 1 heterocycles. The minimum atomic E-state index is 0.146. The monoisotopic (exact) mass is 222 g/mol. The van der Waals surface area contributed by atoms with Gasteiger partial charge in [-0.1, -0.05) is 38.4 Å². The van der Waals surface area contributed by atoms with Crippen molar-refractivity contribution in [1.82, 2.24) is 9.78 Å². The van der Waals surface area contributed by atoms with Gasteiger partial charge in [-0.2, -0.15) is 5.10 Å². The Morgan fingerprint density at radius 2 is 1.93 bits per heavy atom. The molecular formula is C12H15ClN2. The highest BCUT2D eigenvalue weighted by Gasteiger charge is 2.15. The molecule has 0 aliphatic heterocycles. The lowest BCUT2D eigenvalue weighted by atomic mass is 9.86. The zero-order chi connectivity index (χ0) is 11.2. The number of aryl methyl sites for hydroxylation is 1. The summed E-state index contributed by atoms with van der Waals surface area (Å²) in [4.78, 5) is 0. The molecule has 0 saturated heterocycles. The van der Waals surface area contributed by atoms with E-state index in [1.165, 1.54) is 5.56 Å². The van der Waals surface area contributed by atoms with E-state index >= 15 is 0 Å². The first kappa shape index (κ1) is 10.5. The smallest absolute Gasteiger partial charge is 0.134 e. The topological polar surface area (TPSA) is 17.8 Å². The van der Waals surface area contributed by atoms with Crippen LogP contribution in [-0.2, 0) is 12.5 Å². The Hall–Kier alpha value is -1.02. The van der Waals surface area contributed by atoms with Gasteiger partial charge in [0.2, 0.25) is 0 Å². The minimum Gasteiger partial charge on any atom is -0.256 e. The van der Waals surface area contributed by atoms with Crippen molar-refractivity contribution in [2.24, 2.45) is 7.05 Å². The Kier molecular flexibility index (Phi) is 2.27. The molecule has 3 heteroatoms. The summed E-state index contributed by atoms with van der Waals surface area (Å²) >= 11 is 6.16. The predicted molar refractivity (Wildman–Crippen MR) is 64.4 cm³/mol. The molecule has 0 saturated carbocycles. The van der Waals surface area contributed by atoms with Crippen LogP contribution in [0.1, 0.15) is 26.3 Å². The van der Waals surface area contributed by atoms with E-state index in [4.69, 9.17) is 11.6 Å². The Balaban J connectivity index is 2.70. The van der Waals surface area contributed by atoms with Crippen molar-refractivity contribution in [1.29, 1.82) is 0 Å². The number of nitrogens with zero attached hydrogens (tertiary/aromatic N) is 2. The average molecular weight is 223 g/mol. The molecule has 80 valence electrons. The van der Waals surface area contributed by atoms with E-state index in [-0.39, 0.29) is 5.41 Å². The van der Waals surface area contributed by atoms with Gasteiger partial charge >= 0.3 is 0 Å². The van der Waals surface area contributed by atoms with Gasteiger partial charge < -0.3 is 0 Å². The van der Waals surface area contributed by atoms with E-state index in [9.17, 15) is 0 Å². The molecule has 0 radical (unpaired) electrons. The van der Waals surface area contributed by atoms with Gasteiger partial charge in [0.25, 0.3) is 0 Å². The Morgan fingerprint density at radius 3 is 2.53 bits per heavy atom. The number of hydrogen-bond acceptors (Lipinski definition) is 1. The summed E-state index contributed by atoms with van der Waals surface area (Å²) in [7, 11) is 1.86. The second-order valence-corrected chi connectivity index (χ2v) is 5.25. The SMILES string of the molecule is Cn1nc2ccc(C(C)(C)C)cc2c1Cl. The van der Waals surface area contributed by atoms with E-state index in [0.29, 0.717) is 5.15 Å². The second kappa shape index (κ2) is 3.24. The number of hydrogen-bond donors (Lipinski definition) is 0.